The van der Waals surface area contributed by atoms with Gasteiger partial charge in [0.25, 0.3) is 23.3 Å². The predicted molar refractivity (Wildman–Crippen MR) is 440 cm³/mol. The summed E-state index contributed by atoms with van der Waals surface area (Å²) in [5.41, 5.74) is -6.26. The fourth-order valence-electron chi connectivity index (χ4n) is 14.1. The number of imidazole rings is 3. The maximum atomic E-state index is 14.9. The molecule has 26 nitrogen and oxygen atoms in total. The Morgan fingerprint density at radius 2 is 0.711 bits per heavy atom. The number of ether oxygens (including phenoxy) is 4. The number of alkyl halides is 15. The predicted octanol–water partition coefficient (Wildman–Crippen LogP) is 16.9. The molecule has 12 rings (SSSR count). The van der Waals surface area contributed by atoms with Gasteiger partial charge in [-0.2, -0.15) is 65.9 Å². The van der Waals surface area contributed by atoms with Gasteiger partial charge in [-0.15, -0.1) is 0 Å². The number of esters is 3. The number of amides is 3. The van der Waals surface area contributed by atoms with E-state index in [1.54, 1.807) is 42.8 Å². The molecule has 6 N–H and O–H groups in total. The van der Waals surface area contributed by atoms with Gasteiger partial charge < -0.3 is 68.6 Å². The second-order valence-electron chi connectivity index (χ2n) is 29.8. The molecule has 6 atom stereocenters. The summed E-state index contributed by atoms with van der Waals surface area (Å²) in [6, 6.07) is 3.44. The number of methoxy groups -OCH3 is 4. The minimum absolute atomic E-state index is 0.0170. The number of aromatic nitrogens is 9. The van der Waals surface area contributed by atoms with Gasteiger partial charge >= 0.3 is 48.8 Å². The first-order chi connectivity index (χ1) is 63.3. The van der Waals surface area contributed by atoms with Crippen molar-refractivity contribution in [2.24, 2.45) is 7.05 Å². The number of rotatable bonds is 28. The van der Waals surface area contributed by atoms with Crippen LogP contribution in [0.2, 0.25) is 0 Å². The number of anilines is 3. The monoisotopic (exact) mass is 1930 g/mol. The third-order valence-corrected chi connectivity index (χ3v) is 20.9. The van der Waals surface area contributed by atoms with Gasteiger partial charge in [0, 0.05) is 132 Å². The van der Waals surface area contributed by atoms with Crippen molar-refractivity contribution in [2.45, 2.75) is 140 Å². The number of nitrogens with zero attached hydrogens (tertiary/aromatic N) is 9. The van der Waals surface area contributed by atoms with Crippen LogP contribution < -0.4 is 42.2 Å². The minimum atomic E-state index is -4.97. The van der Waals surface area contributed by atoms with Crippen molar-refractivity contribution in [1.29, 1.82) is 0 Å². The topological polar surface area (TPSA) is 311 Å². The van der Waals surface area contributed by atoms with Crippen LogP contribution in [0.1, 0.15) is 111 Å². The zero-order chi connectivity index (χ0) is 99.7. The molecule has 0 fully saturated rings. The van der Waals surface area contributed by atoms with Crippen LogP contribution in [0.3, 0.4) is 0 Å². The van der Waals surface area contributed by atoms with E-state index in [1.807, 2.05) is 16.0 Å². The van der Waals surface area contributed by atoms with E-state index in [9.17, 15) is 130 Å². The van der Waals surface area contributed by atoms with E-state index in [4.69, 9.17) is 14.2 Å². The molecule has 0 radical (unpaired) electrons. The number of carbonyl (C=O) groups is 6. The van der Waals surface area contributed by atoms with Crippen LogP contribution in [0.25, 0.3) is 50.6 Å². The Morgan fingerprint density at radius 3 is 1.01 bits per heavy atom. The van der Waals surface area contributed by atoms with Crippen LogP contribution in [0.15, 0.2) is 145 Å². The van der Waals surface area contributed by atoms with Gasteiger partial charge in [-0.05, 0) is 124 Å². The van der Waals surface area contributed by atoms with Crippen molar-refractivity contribution in [3.8, 4) is 39.4 Å². The quantitative estimate of drug-likeness (QED) is 0.0151. The molecule has 48 heteroatoms. The number of halogens is 22. The number of aryl methyl sites for hydroxylation is 2. The smallest absolute Gasteiger partial charge is 0.418 e. The van der Waals surface area contributed by atoms with Crippen LogP contribution in [-0.2, 0) is 67.3 Å². The highest BCUT2D eigenvalue weighted by Gasteiger charge is 2.44. The number of benzene rings is 3. The van der Waals surface area contributed by atoms with E-state index in [0.717, 1.165) is 27.4 Å². The molecule has 0 unspecified atom stereocenters. The second kappa shape index (κ2) is 41.7. The fourth-order valence-corrected chi connectivity index (χ4v) is 14.1. The van der Waals surface area contributed by atoms with Crippen LogP contribution in [0.5, 0.6) is 5.75 Å². The SMILES string of the molecule is CC[C@@H](Nc1cc(F)c(C(=O)N[C@@H](Cc2ccc(-c3c(OC)cc(C)n(C)c3=O)c3nccn23)C(=O)OC)c(F)c1)C(F)(F)F.CC[C@@H](Nc1cc(F)c(C(=O)N[C@@H](Cc2ccc(-c3ncc(C)cc3C(F)(F)F)c3nccn23)C(=O)OC)c(F)c1)C(F)(F)F.CC[C@@H](Nc1cc(F)c(C(=O)N[C@@H](Cc2ccc(-c3ncc(F)cc3C(F)(F)F)c3nccn23)C(=O)OC)c(F)c1)C(F)(F)F. The Labute approximate surface area is 748 Å². The lowest BCUT2D eigenvalue weighted by molar-refractivity contribution is -0.143. The molecule has 0 spiro atoms. The summed E-state index contributed by atoms with van der Waals surface area (Å²) in [4.78, 5) is 110. The summed E-state index contributed by atoms with van der Waals surface area (Å²) >= 11 is 0. The average Bonchev–Trinajstić information content (AvgIpc) is 1.72. The largest absolute Gasteiger partial charge is 0.496 e. The number of pyridine rings is 6. The molecule has 9 aromatic heterocycles. The summed E-state index contributed by atoms with van der Waals surface area (Å²) in [5.74, 6) is -17.1. The second-order valence-corrected chi connectivity index (χ2v) is 29.8. The lowest BCUT2D eigenvalue weighted by atomic mass is 10.0. The highest BCUT2D eigenvalue weighted by atomic mass is 19.4. The van der Waals surface area contributed by atoms with E-state index < -0.39 is 225 Å². The van der Waals surface area contributed by atoms with Crippen LogP contribution in [0, 0.1) is 54.6 Å². The van der Waals surface area contributed by atoms with E-state index in [-0.39, 0.29) is 69.4 Å². The molecule has 0 aliphatic carbocycles. The van der Waals surface area contributed by atoms with E-state index in [1.165, 1.54) is 110 Å². The van der Waals surface area contributed by atoms with Crippen molar-refractivity contribution in [1.82, 2.24) is 58.6 Å². The van der Waals surface area contributed by atoms with Crippen molar-refractivity contribution in [3.05, 3.63) is 248 Å². The Kier molecular flexibility index (Phi) is 31.7. The number of nitrogens with one attached hydrogen (secondary N) is 6. The standard InChI is InChI=1S/C30H30F5N5O5.C29H25F8N5O3.C28H22F9N5O3/c1-6-23(30(33,34)35)37-16-12-19(31)25(20(32)13-16)27(41)38-21(29(43)45-5)14-17-7-8-18(26-36-9-10-40(17)26)24-22(44-4)11-15(2)39(3)28(24)42;1-4-22(29(35,36)37)40-15-10-19(30)23(20(31)11-15)26(43)41-21(27(44)45-3)12-16-5-6-17(25-38-7-8-42(16)25)24-18(28(32,33)34)9-14(2)13-39-24;1-3-21(28(35,36)37)40-14-9-18(30)22(19(31)10-14)25(43)41-20(26(44)45-2)11-15-4-5-16(24-38-6-7-42(15)24)23-17(27(32,33)34)8-13(29)12-39-23/h7-13,21,23,37H,6,14H2,1-5H3,(H,38,41);5-11,13,21-22,40H,4,12H2,1-3H3,(H,41,43);4-10,12,20-21,40H,3,11H2,1-2H3,(H,41,43)/t21-,23+;21-,22+;20-,21+/m000/s1. The molecule has 12 aromatic rings. The molecule has 0 saturated carbocycles. The number of fused-ring (bicyclic) bond motifs is 3. The van der Waals surface area contributed by atoms with Gasteiger partial charge in [-0.3, -0.25) is 29.1 Å². The molecular formula is C87H77F22N15O11. The number of hydrogen-bond donors (Lipinski definition) is 6. The first kappa shape index (κ1) is 103. The van der Waals surface area contributed by atoms with E-state index in [0.29, 0.717) is 70.9 Å². The molecule has 135 heavy (non-hydrogen) atoms. The van der Waals surface area contributed by atoms with Crippen molar-refractivity contribution in [3.63, 3.8) is 0 Å². The Balaban J connectivity index is 0.000000209. The third kappa shape index (κ3) is 23.6. The van der Waals surface area contributed by atoms with Crippen LogP contribution in [0.4, 0.5) is 114 Å². The molecule has 0 saturated heterocycles. The molecule has 0 aliphatic rings. The molecule has 3 amide bonds. The summed E-state index contributed by atoms with van der Waals surface area (Å²) in [5, 5.41) is 12.5. The normalized spacial score (nSPS) is 13.2. The first-order valence-electron chi connectivity index (χ1n) is 39.8. The highest BCUT2D eigenvalue weighted by Crippen LogP contribution is 2.42. The summed E-state index contributed by atoms with van der Waals surface area (Å²) in [7, 11) is 6.05. The zero-order valence-corrected chi connectivity index (χ0v) is 71.8. The lowest BCUT2D eigenvalue weighted by Gasteiger charge is -2.22. The van der Waals surface area contributed by atoms with Crippen molar-refractivity contribution in [2.75, 3.05) is 44.4 Å². The number of carbonyl (C=O) groups excluding carboxylic acids is 6. The molecule has 0 aliphatic heterocycles. The highest BCUT2D eigenvalue weighted by molar-refractivity contribution is 6.00. The lowest BCUT2D eigenvalue weighted by Crippen LogP contribution is -2.44. The van der Waals surface area contributed by atoms with Gasteiger partial charge in [0.1, 0.15) is 116 Å². The summed E-state index contributed by atoms with van der Waals surface area (Å²) < 4.78 is 328. The summed E-state index contributed by atoms with van der Waals surface area (Å²) in [6.45, 7) is 6.88. The Bertz CT molecular complexity index is 6190. The molecule has 3 aromatic carbocycles. The molecule has 0 bridgehead atoms. The molecular weight excluding hydrogens is 1850 g/mol. The molecule has 720 valence electrons. The van der Waals surface area contributed by atoms with Crippen LogP contribution >= 0.6 is 0 Å². The maximum absolute atomic E-state index is 14.9. The fraction of sp³-hybridized carbons (Fsp3) is 0.310. The van der Waals surface area contributed by atoms with Gasteiger partial charge in [0.05, 0.1) is 62.7 Å². The zero-order valence-electron chi connectivity index (χ0n) is 71.8. The van der Waals surface area contributed by atoms with Crippen molar-refractivity contribution < 1.29 is 144 Å². The average molecular weight is 1930 g/mol. The first-order valence-corrected chi connectivity index (χ1v) is 39.8. The van der Waals surface area contributed by atoms with Gasteiger partial charge in [-0.25, -0.2) is 60.1 Å². The minimum Gasteiger partial charge on any atom is -0.496 e. The molecule has 9 heterocycles. The van der Waals surface area contributed by atoms with Crippen molar-refractivity contribution >= 4 is 69.6 Å². The van der Waals surface area contributed by atoms with Crippen LogP contribution in [-0.4, -0.2) is 162 Å². The summed E-state index contributed by atoms with van der Waals surface area (Å²) in [6.07, 6.45) is -16.0. The van der Waals surface area contributed by atoms with Gasteiger partial charge in [0.2, 0.25) is 0 Å². The van der Waals surface area contributed by atoms with Gasteiger partial charge in [0.15, 0.2) is 0 Å². The van der Waals surface area contributed by atoms with E-state index in [2.05, 4.69) is 45.6 Å². The Morgan fingerprint density at radius 1 is 0.407 bits per heavy atom. The van der Waals surface area contributed by atoms with E-state index >= 15 is 0 Å². The maximum Gasteiger partial charge on any atom is 0.418 e. The third-order valence-electron chi connectivity index (χ3n) is 20.9. The Hall–Kier alpha value is -14.5. The number of hydrogen-bond acceptors (Lipinski definition) is 19. The van der Waals surface area contributed by atoms with Gasteiger partial charge in [-0.1, -0.05) is 20.8 Å².